The Bertz CT molecular complexity index is 215. The predicted molar refractivity (Wildman–Crippen MR) is 75.4 cm³/mol. The van der Waals surface area contributed by atoms with Gasteiger partial charge in [-0.15, -0.1) is 0 Å². The molecule has 0 aromatic heterocycles. The summed E-state index contributed by atoms with van der Waals surface area (Å²) in [6, 6.07) is -0.0931. The second-order valence-electron chi connectivity index (χ2n) is 6.22. The first-order valence-corrected chi connectivity index (χ1v) is 7.51. The molecule has 0 aromatic carbocycles. The van der Waals surface area contributed by atoms with Crippen molar-refractivity contribution >= 4 is 0 Å². The molecule has 1 aliphatic carbocycles. The van der Waals surface area contributed by atoms with Crippen molar-refractivity contribution in [3.05, 3.63) is 0 Å². The van der Waals surface area contributed by atoms with Crippen molar-refractivity contribution in [2.45, 2.75) is 77.0 Å². The van der Waals surface area contributed by atoms with Crippen molar-refractivity contribution < 1.29 is 9.84 Å². The smallest absolute Gasteiger partial charge is 0.0715 e. The van der Waals surface area contributed by atoms with Crippen LogP contribution in [-0.2, 0) is 4.74 Å². The van der Waals surface area contributed by atoms with Crippen LogP contribution in [0.15, 0.2) is 0 Å². The molecule has 1 fully saturated rings. The summed E-state index contributed by atoms with van der Waals surface area (Å²) >= 11 is 0. The van der Waals surface area contributed by atoms with Gasteiger partial charge < -0.3 is 15.6 Å². The zero-order valence-electron chi connectivity index (χ0n) is 12.3. The van der Waals surface area contributed by atoms with Gasteiger partial charge in [-0.2, -0.15) is 0 Å². The van der Waals surface area contributed by atoms with E-state index in [0.29, 0.717) is 12.3 Å². The van der Waals surface area contributed by atoms with Gasteiger partial charge in [-0.3, -0.25) is 0 Å². The fourth-order valence-corrected chi connectivity index (χ4v) is 3.02. The van der Waals surface area contributed by atoms with Gasteiger partial charge in [0.1, 0.15) is 0 Å². The lowest BCUT2D eigenvalue weighted by molar-refractivity contribution is 0.00735. The van der Waals surface area contributed by atoms with Crippen LogP contribution in [0.3, 0.4) is 0 Å². The Balaban J connectivity index is 2.32. The van der Waals surface area contributed by atoms with Gasteiger partial charge in [0.25, 0.3) is 0 Å². The molecule has 0 heterocycles. The van der Waals surface area contributed by atoms with Crippen molar-refractivity contribution in [3.8, 4) is 0 Å². The van der Waals surface area contributed by atoms with Crippen LogP contribution in [0, 0.1) is 11.8 Å². The predicted octanol–water partition coefficient (Wildman–Crippen LogP) is 2.71. The zero-order valence-corrected chi connectivity index (χ0v) is 12.3. The van der Waals surface area contributed by atoms with Gasteiger partial charge >= 0.3 is 0 Å². The lowest BCUT2D eigenvalue weighted by Gasteiger charge is -2.29. The van der Waals surface area contributed by atoms with E-state index < -0.39 is 6.10 Å². The van der Waals surface area contributed by atoms with E-state index >= 15 is 0 Å². The highest BCUT2D eigenvalue weighted by molar-refractivity contribution is 4.80. The molecule has 1 aliphatic rings. The minimum Gasteiger partial charge on any atom is -0.391 e. The average Bonchev–Trinajstić information content (AvgIpc) is 2.36. The Morgan fingerprint density at radius 1 is 1.22 bits per heavy atom. The summed E-state index contributed by atoms with van der Waals surface area (Å²) in [6.45, 7) is 4.24. The van der Waals surface area contributed by atoms with Crippen molar-refractivity contribution in [1.82, 2.24) is 0 Å². The molecule has 3 heteroatoms. The molecule has 0 bridgehead atoms. The van der Waals surface area contributed by atoms with E-state index in [1.165, 1.54) is 32.1 Å². The van der Waals surface area contributed by atoms with Crippen molar-refractivity contribution in [1.29, 1.82) is 0 Å². The Morgan fingerprint density at radius 3 is 2.33 bits per heavy atom. The monoisotopic (exact) mass is 257 g/mol. The highest BCUT2D eigenvalue weighted by Crippen LogP contribution is 2.28. The maximum Gasteiger partial charge on any atom is 0.0715 e. The lowest BCUT2D eigenvalue weighted by Crippen LogP contribution is -2.40. The summed E-state index contributed by atoms with van der Waals surface area (Å²) in [6.07, 6.45) is 7.92. The molecule has 1 saturated carbocycles. The molecule has 0 aliphatic heterocycles. The number of ether oxygens (including phenoxy) is 1. The summed E-state index contributed by atoms with van der Waals surface area (Å²) in [5, 5.41) is 10.2. The normalized spacial score (nSPS) is 23.0. The summed E-state index contributed by atoms with van der Waals surface area (Å²) < 4.78 is 5.41. The molecule has 3 N–H and O–H groups in total. The second-order valence-corrected chi connectivity index (χ2v) is 6.22. The summed E-state index contributed by atoms with van der Waals surface area (Å²) in [4.78, 5) is 0. The molecule has 0 radical (unpaired) electrons. The quantitative estimate of drug-likeness (QED) is 0.737. The summed E-state index contributed by atoms with van der Waals surface area (Å²) in [7, 11) is 1.71. The number of rotatable bonds is 7. The number of hydrogen-bond donors (Lipinski definition) is 2. The first-order chi connectivity index (χ1) is 8.54. The molecule has 1 rings (SSSR count). The van der Waals surface area contributed by atoms with Gasteiger partial charge in [0.05, 0.1) is 12.2 Å². The molecule has 0 spiro atoms. The third-order valence-corrected chi connectivity index (χ3v) is 4.34. The number of aliphatic hydroxyl groups is 1. The van der Waals surface area contributed by atoms with Crippen LogP contribution in [0.4, 0.5) is 0 Å². The lowest BCUT2D eigenvalue weighted by atomic mass is 9.83. The third-order valence-electron chi connectivity index (χ3n) is 4.34. The topological polar surface area (TPSA) is 55.5 Å². The maximum atomic E-state index is 10.2. The van der Waals surface area contributed by atoms with Crippen LogP contribution in [0.5, 0.6) is 0 Å². The average molecular weight is 257 g/mol. The van der Waals surface area contributed by atoms with Gasteiger partial charge in [-0.05, 0) is 18.3 Å². The molecule has 3 atom stereocenters. The number of methoxy groups -OCH3 is 1. The SMILES string of the molecule is CO[C@@H](C[C@H](O)[C@@H](N)CC1CCCCC1)C(C)C. The van der Waals surface area contributed by atoms with Crippen molar-refractivity contribution in [2.75, 3.05) is 7.11 Å². The van der Waals surface area contributed by atoms with Gasteiger partial charge in [0.2, 0.25) is 0 Å². The van der Waals surface area contributed by atoms with Crippen LogP contribution < -0.4 is 5.73 Å². The van der Waals surface area contributed by atoms with Gasteiger partial charge in [-0.1, -0.05) is 46.0 Å². The van der Waals surface area contributed by atoms with E-state index in [1.54, 1.807) is 7.11 Å². The molecule has 108 valence electrons. The second kappa shape index (κ2) is 8.13. The van der Waals surface area contributed by atoms with Crippen LogP contribution in [0.1, 0.15) is 58.8 Å². The molecule has 0 amide bonds. The van der Waals surface area contributed by atoms with E-state index in [1.807, 2.05) is 0 Å². The summed E-state index contributed by atoms with van der Waals surface area (Å²) in [5.41, 5.74) is 6.15. The van der Waals surface area contributed by atoms with E-state index in [9.17, 15) is 5.11 Å². The van der Waals surface area contributed by atoms with Gasteiger partial charge in [0.15, 0.2) is 0 Å². The van der Waals surface area contributed by atoms with E-state index in [-0.39, 0.29) is 12.1 Å². The first kappa shape index (κ1) is 15.9. The first-order valence-electron chi connectivity index (χ1n) is 7.51. The molecule has 0 aromatic rings. The number of aliphatic hydroxyl groups excluding tert-OH is 1. The minimum absolute atomic E-state index is 0.0931. The molecule has 0 unspecified atom stereocenters. The minimum atomic E-state index is -0.431. The van der Waals surface area contributed by atoms with Crippen LogP contribution >= 0.6 is 0 Å². The van der Waals surface area contributed by atoms with Crippen LogP contribution in [0.25, 0.3) is 0 Å². The molecule has 0 saturated heterocycles. The Labute approximate surface area is 112 Å². The van der Waals surface area contributed by atoms with E-state index in [4.69, 9.17) is 10.5 Å². The van der Waals surface area contributed by atoms with Gasteiger partial charge in [-0.25, -0.2) is 0 Å². The standard InChI is InChI=1S/C15H31NO2/c1-11(2)15(18-3)10-14(17)13(16)9-12-7-5-4-6-8-12/h11-15,17H,4-10,16H2,1-3H3/t13-,14-,15-/m0/s1. The summed E-state index contributed by atoms with van der Waals surface area (Å²) in [5.74, 6) is 1.15. The highest BCUT2D eigenvalue weighted by atomic mass is 16.5. The number of hydrogen-bond acceptors (Lipinski definition) is 3. The van der Waals surface area contributed by atoms with Crippen molar-refractivity contribution in [2.24, 2.45) is 17.6 Å². The molecule has 3 nitrogen and oxygen atoms in total. The van der Waals surface area contributed by atoms with E-state index in [2.05, 4.69) is 13.8 Å². The molecular weight excluding hydrogens is 226 g/mol. The molecule has 18 heavy (non-hydrogen) atoms. The third kappa shape index (κ3) is 5.25. The van der Waals surface area contributed by atoms with Gasteiger partial charge in [0, 0.05) is 19.6 Å². The largest absolute Gasteiger partial charge is 0.391 e. The number of nitrogens with two attached hydrogens (primary N) is 1. The van der Waals surface area contributed by atoms with Crippen LogP contribution in [-0.4, -0.2) is 30.5 Å². The fraction of sp³-hybridized carbons (Fsp3) is 1.00. The zero-order chi connectivity index (χ0) is 13.5. The fourth-order valence-electron chi connectivity index (χ4n) is 3.02. The Morgan fingerprint density at radius 2 is 1.83 bits per heavy atom. The van der Waals surface area contributed by atoms with E-state index in [0.717, 1.165) is 12.3 Å². The molecular formula is C15H31NO2. The van der Waals surface area contributed by atoms with Crippen LogP contribution in [0.2, 0.25) is 0 Å². The Kier molecular flexibility index (Phi) is 7.20. The highest BCUT2D eigenvalue weighted by Gasteiger charge is 2.25. The van der Waals surface area contributed by atoms with Crippen molar-refractivity contribution in [3.63, 3.8) is 0 Å². The maximum absolute atomic E-state index is 10.2. The Hall–Kier alpha value is -0.120.